The van der Waals surface area contributed by atoms with Gasteiger partial charge in [0.05, 0.1) is 11.8 Å². The van der Waals surface area contributed by atoms with E-state index >= 15 is 0 Å². The fourth-order valence-electron chi connectivity index (χ4n) is 2.68. The van der Waals surface area contributed by atoms with Gasteiger partial charge >= 0.3 is 16.4 Å². The van der Waals surface area contributed by atoms with Crippen LogP contribution in [0, 0.1) is 0 Å². The Labute approximate surface area is 136 Å². The molecule has 0 aliphatic carbocycles. The molecule has 0 aromatic rings. The highest BCUT2D eigenvalue weighted by atomic mass is 31.2. The summed E-state index contributed by atoms with van der Waals surface area (Å²) in [4.78, 5) is 18.4. The summed E-state index contributed by atoms with van der Waals surface area (Å²) in [6.45, 7) is 10.7. The fraction of sp³-hybridized carbons (Fsp3) is 1.00. The lowest BCUT2D eigenvalue weighted by molar-refractivity contribution is -0.0293. The number of hydrogen-bond donors (Lipinski definition) is 2. The van der Waals surface area contributed by atoms with Crippen molar-refractivity contribution in [3.63, 3.8) is 0 Å². The molecule has 6 nitrogen and oxygen atoms in total. The molecule has 2 N–H and O–H groups in total. The van der Waals surface area contributed by atoms with Crippen LogP contribution in [0.1, 0.15) is 60.3 Å². The van der Waals surface area contributed by atoms with Crippen molar-refractivity contribution in [3.8, 4) is 0 Å². The Bertz CT molecular complexity index is 334. The number of hydrogen-bond acceptors (Lipinski definition) is 4. The Balaban J connectivity index is 5.27. The van der Waals surface area contributed by atoms with E-state index in [1.807, 2.05) is 20.8 Å². The summed E-state index contributed by atoms with van der Waals surface area (Å²) in [5, 5.41) is 0. The Hall–Kier alpha value is 0.247. The Morgan fingerprint density at radius 2 is 1.45 bits per heavy atom. The summed E-state index contributed by atoms with van der Waals surface area (Å²) < 4.78 is 29.2. The largest absolute Gasteiger partial charge is 0.502 e. The Morgan fingerprint density at radius 3 is 1.77 bits per heavy atom. The molecule has 0 aromatic heterocycles. The topological polar surface area (TPSA) is 85.2 Å². The summed E-state index contributed by atoms with van der Waals surface area (Å²) >= 11 is 0. The summed E-state index contributed by atoms with van der Waals surface area (Å²) in [6.07, 6.45) is 3.40. The molecule has 0 radical (unpaired) electrons. The average molecular weight is 356 g/mol. The number of rotatable bonds is 13. The molecule has 134 valence electrons. The van der Waals surface area contributed by atoms with Crippen molar-refractivity contribution in [1.29, 1.82) is 0 Å². The van der Waals surface area contributed by atoms with Gasteiger partial charge in [-0.25, -0.2) is 0 Å². The van der Waals surface area contributed by atoms with Gasteiger partial charge in [0.2, 0.25) is 0 Å². The molecule has 0 heterocycles. The lowest BCUT2D eigenvalue weighted by Crippen LogP contribution is -2.52. The molecular formula is C14H33O6PSi. The molecule has 22 heavy (non-hydrogen) atoms. The fourth-order valence-corrected chi connectivity index (χ4v) is 7.37. The highest BCUT2D eigenvalue weighted by molar-refractivity contribution is 7.51. The van der Waals surface area contributed by atoms with E-state index in [9.17, 15) is 14.4 Å². The van der Waals surface area contributed by atoms with Crippen LogP contribution in [0.5, 0.6) is 0 Å². The monoisotopic (exact) mass is 356 g/mol. The van der Waals surface area contributed by atoms with Gasteiger partial charge in [-0.2, -0.15) is 0 Å². The molecule has 0 rings (SSSR count). The van der Waals surface area contributed by atoms with Crippen LogP contribution in [0.25, 0.3) is 0 Å². The minimum absolute atomic E-state index is 0.141. The van der Waals surface area contributed by atoms with Crippen molar-refractivity contribution < 1.29 is 27.6 Å². The van der Waals surface area contributed by atoms with Crippen LogP contribution in [-0.4, -0.2) is 43.6 Å². The second-order valence-corrected chi connectivity index (χ2v) is 10.2. The van der Waals surface area contributed by atoms with Gasteiger partial charge in [-0.15, -0.1) is 0 Å². The van der Waals surface area contributed by atoms with Crippen LogP contribution in [0.3, 0.4) is 0 Å². The Morgan fingerprint density at radius 1 is 1.00 bits per heavy atom. The van der Waals surface area contributed by atoms with Crippen LogP contribution in [0.4, 0.5) is 0 Å². The van der Waals surface area contributed by atoms with Crippen molar-refractivity contribution in [3.05, 3.63) is 0 Å². The lowest BCUT2D eigenvalue weighted by Gasteiger charge is -2.39. The summed E-state index contributed by atoms with van der Waals surface area (Å²) in [6, 6.07) is 0.141. The zero-order valence-corrected chi connectivity index (χ0v) is 16.5. The van der Waals surface area contributed by atoms with Crippen molar-refractivity contribution in [1.82, 2.24) is 0 Å². The Kier molecular flexibility index (Phi) is 10.3. The van der Waals surface area contributed by atoms with E-state index in [1.54, 1.807) is 0 Å². The molecule has 0 fully saturated rings. The van der Waals surface area contributed by atoms with E-state index < -0.39 is 16.4 Å². The molecule has 8 heteroatoms. The van der Waals surface area contributed by atoms with Crippen molar-refractivity contribution in [2.24, 2.45) is 0 Å². The second-order valence-electron chi connectivity index (χ2n) is 5.74. The molecule has 0 spiro atoms. The third-order valence-electron chi connectivity index (χ3n) is 3.40. The van der Waals surface area contributed by atoms with Gasteiger partial charge < -0.3 is 23.1 Å². The van der Waals surface area contributed by atoms with E-state index in [-0.39, 0.29) is 17.8 Å². The van der Waals surface area contributed by atoms with E-state index in [0.717, 1.165) is 25.7 Å². The van der Waals surface area contributed by atoms with Gasteiger partial charge in [-0.3, -0.25) is 4.57 Å². The molecule has 0 aromatic carbocycles. The standard InChI is InChI=1S/C14H33O6PSi/c1-6-10-14(5,11-7-2)20-22(18-8-3,19-9-4)13-12-21(15,16)17/h6-13H2,1-5H3,(H2,15,16,17). The average Bonchev–Trinajstić information content (AvgIpc) is 2.36. The maximum absolute atomic E-state index is 11.3. The zero-order chi connectivity index (χ0) is 17.3. The van der Waals surface area contributed by atoms with Gasteiger partial charge in [-0.1, -0.05) is 26.7 Å². The van der Waals surface area contributed by atoms with Gasteiger partial charge in [0.25, 0.3) is 0 Å². The first kappa shape index (κ1) is 22.2. The van der Waals surface area contributed by atoms with E-state index in [0.29, 0.717) is 13.2 Å². The summed E-state index contributed by atoms with van der Waals surface area (Å²) in [7, 11) is -7.22. The molecule has 0 bridgehead atoms. The van der Waals surface area contributed by atoms with Crippen molar-refractivity contribution >= 4 is 16.4 Å². The quantitative estimate of drug-likeness (QED) is 0.388. The second kappa shape index (κ2) is 10.2. The van der Waals surface area contributed by atoms with Gasteiger partial charge in [0.1, 0.15) is 0 Å². The minimum Gasteiger partial charge on any atom is -0.374 e. The molecule has 0 atom stereocenters. The molecular weight excluding hydrogens is 323 g/mol. The molecule has 0 amide bonds. The van der Waals surface area contributed by atoms with Gasteiger partial charge in [0.15, 0.2) is 0 Å². The third-order valence-corrected chi connectivity index (χ3v) is 7.75. The highest BCUT2D eigenvalue weighted by Gasteiger charge is 2.47. The lowest BCUT2D eigenvalue weighted by atomic mass is 9.95. The van der Waals surface area contributed by atoms with Crippen LogP contribution < -0.4 is 0 Å². The molecule has 0 unspecified atom stereocenters. The highest BCUT2D eigenvalue weighted by Crippen LogP contribution is 2.39. The first-order chi connectivity index (χ1) is 10.2. The van der Waals surface area contributed by atoms with E-state index in [2.05, 4.69) is 13.8 Å². The predicted molar refractivity (Wildman–Crippen MR) is 90.0 cm³/mol. The predicted octanol–water partition coefficient (Wildman–Crippen LogP) is 3.55. The maximum atomic E-state index is 11.3. The van der Waals surface area contributed by atoms with Crippen molar-refractivity contribution in [2.75, 3.05) is 19.4 Å². The zero-order valence-electron chi connectivity index (χ0n) is 14.6. The first-order valence-corrected chi connectivity index (χ1v) is 11.9. The molecule has 0 aliphatic rings. The maximum Gasteiger partial charge on any atom is 0.502 e. The molecule has 0 aliphatic heterocycles. The van der Waals surface area contributed by atoms with Crippen molar-refractivity contribution in [2.45, 2.75) is 71.9 Å². The third kappa shape index (κ3) is 8.77. The first-order valence-electron chi connectivity index (χ1n) is 8.18. The molecule has 0 saturated heterocycles. The van der Waals surface area contributed by atoms with Crippen LogP contribution in [0.15, 0.2) is 0 Å². The van der Waals surface area contributed by atoms with Crippen LogP contribution in [0.2, 0.25) is 6.04 Å². The van der Waals surface area contributed by atoms with E-state index in [1.165, 1.54) is 0 Å². The van der Waals surface area contributed by atoms with Gasteiger partial charge in [-0.05, 0) is 33.6 Å². The van der Waals surface area contributed by atoms with Crippen LogP contribution in [-0.2, 0) is 17.8 Å². The molecule has 0 saturated carbocycles. The van der Waals surface area contributed by atoms with Crippen LogP contribution >= 0.6 is 7.60 Å². The normalized spacial score (nSPS) is 13.6. The van der Waals surface area contributed by atoms with Gasteiger partial charge in [0, 0.05) is 19.3 Å². The smallest absolute Gasteiger partial charge is 0.374 e. The SMILES string of the molecule is CCCC(C)(CCC)O[Si](CCP(=O)(O)O)(OCC)OCC. The summed E-state index contributed by atoms with van der Waals surface area (Å²) in [5.41, 5.74) is -0.380. The van der Waals surface area contributed by atoms with E-state index in [4.69, 9.17) is 13.3 Å². The minimum atomic E-state index is -4.11. The summed E-state index contributed by atoms with van der Waals surface area (Å²) in [5.74, 6) is 0.